The summed E-state index contributed by atoms with van der Waals surface area (Å²) in [5, 5.41) is 3.94. The van der Waals surface area contributed by atoms with E-state index in [1.165, 1.54) is 6.07 Å². The van der Waals surface area contributed by atoms with E-state index in [1.54, 1.807) is 12.3 Å². The molecule has 3 aromatic rings. The van der Waals surface area contributed by atoms with Gasteiger partial charge in [-0.2, -0.15) is 0 Å². The second-order valence-corrected chi connectivity index (χ2v) is 7.07. The number of aromatic nitrogens is 1. The minimum absolute atomic E-state index is 0.0288. The Balaban J connectivity index is 1.30. The highest BCUT2D eigenvalue weighted by Crippen LogP contribution is 2.21. The molecule has 1 aliphatic heterocycles. The Morgan fingerprint density at radius 3 is 2.57 bits per heavy atom. The quantitative estimate of drug-likeness (QED) is 0.741. The topological polar surface area (TPSA) is 48.5 Å². The van der Waals surface area contributed by atoms with E-state index in [-0.39, 0.29) is 11.7 Å². The van der Waals surface area contributed by atoms with Crippen LogP contribution in [0.25, 0.3) is 10.9 Å². The molecular weight excluding hydrogens is 355 g/mol. The zero-order valence-corrected chi connectivity index (χ0v) is 15.6. The molecule has 1 amide bonds. The van der Waals surface area contributed by atoms with Gasteiger partial charge in [-0.3, -0.25) is 19.6 Å². The fraction of sp³-hybridized carbons (Fsp3) is 0.273. The van der Waals surface area contributed by atoms with Crippen LogP contribution in [0.4, 0.5) is 10.1 Å². The summed E-state index contributed by atoms with van der Waals surface area (Å²) in [5.41, 5.74) is 2.37. The third-order valence-corrected chi connectivity index (χ3v) is 5.10. The molecule has 1 aromatic heterocycles. The predicted molar refractivity (Wildman–Crippen MR) is 108 cm³/mol. The lowest BCUT2D eigenvalue weighted by Gasteiger charge is -2.34. The standard InChI is InChI=1S/C22H23FN4O/c23-19-7-2-1-5-17(19)15-26-11-13-27(14-12-26)16-22(28)25-21-9-3-8-20-18(21)6-4-10-24-20/h1-10H,11-16H2,(H,25,28). The molecular formula is C22H23FN4O. The van der Waals surface area contributed by atoms with Crippen molar-refractivity contribution >= 4 is 22.5 Å². The molecule has 0 radical (unpaired) electrons. The number of pyridine rings is 1. The molecule has 1 fully saturated rings. The van der Waals surface area contributed by atoms with Gasteiger partial charge < -0.3 is 5.32 Å². The fourth-order valence-electron chi connectivity index (χ4n) is 3.58. The van der Waals surface area contributed by atoms with Crippen LogP contribution in [-0.4, -0.2) is 53.4 Å². The number of carbonyl (C=O) groups excluding carboxylic acids is 1. The van der Waals surface area contributed by atoms with Gasteiger partial charge in [-0.05, 0) is 30.3 Å². The van der Waals surface area contributed by atoms with E-state index in [9.17, 15) is 9.18 Å². The van der Waals surface area contributed by atoms with Crippen molar-refractivity contribution in [3.8, 4) is 0 Å². The SMILES string of the molecule is O=C(CN1CCN(Cc2ccccc2F)CC1)Nc1cccc2ncccc12. The molecule has 1 aliphatic rings. The fourth-order valence-corrected chi connectivity index (χ4v) is 3.58. The highest BCUT2D eigenvalue weighted by atomic mass is 19.1. The molecule has 0 aliphatic carbocycles. The first kappa shape index (κ1) is 18.5. The number of nitrogens with zero attached hydrogens (tertiary/aromatic N) is 3. The Kier molecular flexibility index (Phi) is 5.60. The van der Waals surface area contributed by atoms with Gasteiger partial charge in [-0.15, -0.1) is 0 Å². The molecule has 28 heavy (non-hydrogen) atoms. The average molecular weight is 378 g/mol. The minimum atomic E-state index is -0.158. The van der Waals surface area contributed by atoms with Crippen LogP contribution < -0.4 is 5.32 Å². The van der Waals surface area contributed by atoms with Gasteiger partial charge in [0.25, 0.3) is 0 Å². The van der Waals surface area contributed by atoms with Gasteiger partial charge >= 0.3 is 0 Å². The van der Waals surface area contributed by atoms with E-state index in [0.29, 0.717) is 13.1 Å². The van der Waals surface area contributed by atoms with Crippen molar-refractivity contribution in [1.82, 2.24) is 14.8 Å². The van der Waals surface area contributed by atoms with Crippen LogP contribution in [0.2, 0.25) is 0 Å². The van der Waals surface area contributed by atoms with Crippen LogP contribution >= 0.6 is 0 Å². The lowest BCUT2D eigenvalue weighted by atomic mass is 10.1. The van der Waals surface area contributed by atoms with Crippen LogP contribution in [0.1, 0.15) is 5.56 Å². The summed E-state index contributed by atoms with van der Waals surface area (Å²) in [4.78, 5) is 21.2. The summed E-state index contributed by atoms with van der Waals surface area (Å²) in [6.07, 6.45) is 1.74. The molecule has 0 saturated carbocycles. The molecule has 1 saturated heterocycles. The second kappa shape index (κ2) is 8.46. The third kappa shape index (κ3) is 4.35. The van der Waals surface area contributed by atoms with E-state index >= 15 is 0 Å². The number of amides is 1. The van der Waals surface area contributed by atoms with Crippen molar-refractivity contribution in [1.29, 1.82) is 0 Å². The normalized spacial score (nSPS) is 15.6. The van der Waals surface area contributed by atoms with Crippen molar-refractivity contribution in [2.75, 3.05) is 38.0 Å². The van der Waals surface area contributed by atoms with E-state index in [2.05, 4.69) is 20.1 Å². The summed E-state index contributed by atoms with van der Waals surface area (Å²) in [5.74, 6) is -0.187. The van der Waals surface area contributed by atoms with E-state index in [1.807, 2.05) is 42.5 Å². The molecule has 2 aromatic carbocycles. The van der Waals surface area contributed by atoms with Gasteiger partial charge in [0, 0.05) is 49.9 Å². The van der Waals surface area contributed by atoms with Crippen LogP contribution in [-0.2, 0) is 11.3 Å². The zero-order valence-electron chi connectivity index (χ0n) is 15.6. The number of halogens is 1. The Morgan fingerprint density at radius 1 is 0.964 bits per heavy atom. The average Bonchev–Trinajstić information content (AvgIpc) is 2.71. The minimum Gasteiger partial charge on any atom is -0.324 e. The Morgan fingerprint density at radius 2 is 1.75 bits per heavy atom. The van der Waals surface area contributed by atoms with E-state index in [4.69, 9.17) is 0 Å². The molecule has 5 nitrogen and oxygen atoms in total. The number of hydrogen-bond acceptors (Lipinski definition) is 4. The van der Waals surface area contributed by atoms with Crippen LogP contribution in [0.15, 0.2) is 60.8 Å². The van der Waals surface area contributed by atoms with Gasteiger partial charge in [0.2, 0.25) is 5.91 Å². The van der Waals surface area contributed by atoms with E-state index in [0.717, 1.165) is 48.3 Å². The van der Waals surface area contributed by atoms with Gasteiger partial charge in [0.05, 0.1) is 17.7 Å². The number of hydrogen-bond donors (Lipinski definition) is 1. The lowest BCUT2D eigenvalue weighted by molar-refractivity contribution is -0.117. The van der Waals surface area contributed by atoms with Crippen LogP contribution in [0.3, 0.4) is 0 Å². The summed E-state index contributed by atoms with van der Waals surface area (Å²) >= 11 is 0. The Bertz CT molecular complexity index is 964. The number of benzene rings is 2. The summed E-state index contributed by atoms with van der Waals surface area (Å²) in [7, 11) is 0. The number of rotatable bonds is 5. The van der Waals surface area contributed by atoms with Gasteiger partial charge in [0.1, 0.15) is 5.82 Å². The number of carbonyl (C=O) groups is 1. The van der Waals surface area contributed by atoms with Crippen molar-refractivity contribution < 1.29 is 9.18 Å². The largest absolute Gasteiger partial charge is 0.324 e. The third-order valence-electron chi connectivity index (χ3n) is 5.10. The molecule has 4 rings (SSSR count). The summed E-state index contributed by atoms with van der Waals surface area (Å²) < 4.78 is 13.8. The molecule has 0 atom stereocenters. The van der Waals surface area contributed by atoms with Crippen LogP contribution in [0, 0.1) is 5.82 Å². The van der Waals surface area contributed by atoms with Crippen molar-refractivity contribution in [3.63, 3.8) is 0 Å². The zero-order chi connectivity index (χ0) is 19.3. The van der Waals surface area contributed by atoms with Crippen molar-refractivity contribution in [3.05, 3.63) is 72.2 Å². The molecule has 6 heteroatoms. The number of nitrogens with one attached hydrogen (secondary N) is 1. The van der Waals surface area contributed by atoms with Crippen molar-refractivity contribution in [2.45, 2.75) is 6.54 Å². The Labute approximate surface area is 163 Å². The highest BCUT2D eigenvalue weighted by molar-refractivity contribution is 6.01. The maximum atomic E-state index is 13.8. The Hall–Kier alpha value is -2.83. The molecule has 0 unspecified atom stereocenters. The predicted octanol–water partition coefficient (Wildman–Crippen LogP) is 3.13. The first-order valence-corrected chi connectivity index (χ1v) is 9.51. The molecule has 1 N–H and O–H groups in total. The van der Waals surface area contributed by atoms with E-state index < -0.39 is 0 Å². The first-order valence-electron chi connectivity index (χ1n) is 9.51. The summed E-state index contributed by atoms with van der Waals surface area (Å²) in [6.45, 7) is 4.18. The highest BCUT2D eigenvalue weighted by Gasteiger charge is 2.20. The number of anilines is 1. The lowest BCUT2D eigenvalue weighted by Crippen LogP contribution is -2.48. The monoisotopic (exact) mass is 378 g/mol. The number of piperazine rings is 1. The first-order chi connectivity index (χ1) is 13.7. The maximum absolute atomic E-state index is 13.8. The molecule has 0 spiro atoms. The van der Waals surface area contributed by atoms with Crippen molar-refractivity contribution in [2.24, 2.45) is 0 Å². The second-order valence-electron chi connectivity index (χ2n) is 7.07. The molecule has 0 bridgehead atoms. The molecule has 2 heterocycles. The van der Waals surface area contributed by atoms with Gasteiger partial charge in [0.15, 0.2) is 0 Å². The smallest absolute Gasteiger partial charge is 0.238 e. The maximum Gasteiger partial charge on any atom is 0.238 e. The van der Waals surface area contributed by atoms with Crippen LogP contribution in [0.5, 0.6) is 0 Å². The van der Waals surface area contributed by atoms with Gasteiger partial charge in [-0.25, -0.2) is 4.39 Å². The van der Waals surface area contributed by atoms with Gasteiger partial charge in [-0.1, -0.05) is 24.3 Å². The summed E-state index contributed by atoms with van der Waals surface area (Å²) in [6, 6.07) is 16.4. The number of fused-ring (bicyclic) bond motifs is 1. The molecule has 144 valence electrons.